The molecular weight excluding hydrogens is 292 g/mol. The first kappa shape index (κ1) is 17.3. The van der Waals surface area contributed by atoms with Crippen molar-refractivity contribution in [3.05, 3.63) is 29.3 Å². The van der Waals surface area contributed by atoms with Gasteiger partial charge in [-0.25, -0.2) is 4.79 Å². The van der Waals surface area contributed by atoms with Crippen molar-refractivity contribution >= 4 is 29.3 Å². The second-order valence-corrected chi connectivity index (χ2v) is 5.30. The second-order valence-electron chi connectivity index (χ2n) is 4.87. The third-order valence-electron chi connectivity index (χ3n) is 3.09. The van der Waals surface area contributed by atoms with Crippen LogP contribution < -0.4 is 4.90 Å². The van der Waals surface area contributed by atoms with E-state index in [1.54, 1.807) is 36.2 Å². The number of urea groups is 1. The SMILES string of the molecule is CCCCCN(C)C(=O)N(CC(=O)O)c1ccc(Cl)cc1. The van der Waals surface area contributed by atoms with Crippen LogP contribution in [-0.4, -0.2) is 42.1 Å². The van der Waals surface area contributed by atoms with E-state index in [1.807, 2.05) is 0 Å². The van der Waals surface area contributed by atoms with E-state index < -0.39 is 5.97 Å². The van der Waals surface area contributed by atoms with Gasteiger partial charge in [-0.2, -0.15) is 0 Å². The molecule has 6 heteroatoms. The fourth-order valence-electron chi connectivity index (χ4n) is 1.93. The number of carboxylic acid groups (broad SMARTS) is 1. The molecule has 0 atom stereocenters. The van der Waals surface area contributed by atoms with Gasteiger partial charge in [-0.1, -0.05) is 31.4 Å². The van der Waals surface area contributed by atoms with Crippen LogP contribution in [0.15, 0.2) is 24.3 Å². The van der Waals surface area contributed by atoms with Crippen molar-refractivity contribution in [1.29, 1.82) is 0 Å². The standard InChI is InChI=1S/C15H21ClN2O3/c1-3-4-5-10-17(2)15(21)18(11-14(19)20)13-8-6-12(16)7-9-13/h6-9H,3-5,10-11H2,1-2H3,(H,19,20). The number of unbranched alkanes of at least 4 members (excludes halogenated alkanes) is 2. The lowest BCUT2D eigenvalue weighted by molar-refractivity contribution is -0.135. The highest BCUT2D eigenvalue weighted by Crippen LogP contribution is 2.19. The minimum atomic E-state index is -1.06. The highest BCUT2D eigenvalue weighted by Gasteiger charge is 2.21. The molecule has 0 heterocycles. The fraction of sp³-hybridized carbons (Fsp3) is 0.467. The zero-order valence-electron chi connectivity index (χ0n) is 12.4. The van der Waals surface area contributed by atoms with Crippen LogP contribution in [0.1, 0.15) is 26.2 Å². The normalized spacial score (nSPS) is 10.2. The number of anilines is 1. The van der Waals surface area contributed by atoms with Crippen LogP contribution in [0.25, 0.3) is 0 Å². The maximum Gasteiger partial charge on any atom is 0.324 e. The van der Waals surface area contributed by atoms with Crippen LogP contribution in [0.2, 0.25) is 5.02 Å². The summed E-state index contributed by atoms with van der Waals surface area (Å²) < 4.78 is 0. The molecule has 2 amide bonds. The first-order chi connectivity index (χ1) is 9.95. The first-order valence-electron chi connectivity index (χ1n) is 6.95. The molecule has 1 aromatic carbocycles. The molecule has 0 fully saturated rings. The monoisotopic (exact) mass is 312 g/mol. The molecule has 116 valence electrons. The highest BCUT2D eigenvalue weighted by molar-refractivity contribution is 6.30. The van der Waals surface area contributed by atoms with Gasteiger partial charge in [-0.15, -0.1) is 0 Å². The molecule has 0 bridgehead atoms. The summed E-state index contributed by atoms with van der Waals surface area (Å²) in [4.78, 5) is 26.2. The van der Waals surface area contributed by atoms with E-state index in [4.69, 9.17) is 16.7 Å². The third kappa shape index (κ3) is 5.63. The van der Waals surface area contributed by atoms with Crippen molar-refractivity contribution in [1.82, 2.24) is 4.90 Å². The lowest BCUT2D eigenvalue weighted by Gasteiger charge is -2.27. The van der Waals surface area contributed by atoms with E-state index in [0.29, 0.717) is 17.3 Å². The summed E-state index contributed by atoms with van der Waals surface area (Å²) >= 11 is 5.82. The smallest absolute Gasteiger partial charge is 0.324 e. The number of nitrogens with zero attached hydrogens (tertiary/aromatic N) is 2. The molecule has 0 aliphatic rings. The van der Waals surface area contributed by atoms with Crippen molar-refractivity contribution in [2.24, 2.45) is 0 Å². The number of carbonyl (C=O) groups excluding carboxylic acids is 1. The Morgan fingerprint density at radius 3 is 2.33 bits per heavy atom. The first-order valence-corrected chi connectivity index (χ1v) is 7.33. The van der Waals surface area contributed by atoms with Gasteiger partial charge in [-0.05, 0) is 30.7 Å². The highest BCUT2D eigenvalue weighted by atomic mass is 35.5. The van der Waals surface area contributed by atoms with E-state index in [0.717, 1.165) is 19.3 Å². The van der Waals surface area contributed by atoms with Gasteiger partial charge < -0.3 is 10.0 Å². The van der Waals surface area contributed by atoms with E-state index in [1.165, 1.54) is 4.90 Å². The minimum absolute atomic E-state index is 0.323. The number of hydrogen-bond acceptors (Lipinski definition) is 2. The molecular formula is C15H21ClN2O3. The van der Waals surface area contributed by atoms with Crippen molar-refractivity contribution in [2.75, 3.05) is 25.0 Å². The molecule has 0 saturated heterocycles. The number of aliphatic carboxylic acids is 1. The maximum absolute atomic E-state index is 12.4. The van der Waals surface area contributed by atoms with Crippen LogP contribution in [0.4, 0.5) is 10.5 Å². The van der Waals surface area contributed by atoms with Crippen LogP contribution >= 0.6 is 11.6 Å². The molecule has 1 N–H and O–H groups in total. The lowest BCUT2D eigenvalue weighted by Crippen LogP contribution is -2.44. The number of carbonyl (C=O) groups is 2. The topological polar surface area (TPSA) is 60.9 Å². The number of carboxylic acids is 1. The van der Waals surface area contributed by atoms with Crippen molar-refractivity contribution in [2.45, 2.75) is 26.2 Å². The number of hydrogen-bond donors (Lipinski definition) is 1. The minimum Gasteiger partial charge on any atom is -0.480 e. The molecule has 0 radical (unpaired) electrons. The quantitative estimate of drug-likeness (QED) is 0.784. The predicted octanol–water partition coefficient (Wildman–Crippen LogP) is 3.47. The Kier molecular flexibility index (Phi) is 7.02. The summed E-state index contributed by atoms with van der Waals surface area (Å²) in [5.41, 5.74) is 0.522. The molecule has 0 aromatic heterocycles. The van der Waals surface area contributed by atoms with Crippen molar-refractivity contribution < 1.29 is 14.7 Å². The maximum atomic E-state index is 12.4. The molecule has 5 nitrogen and oxygen atoms in total. The average molecular weight is 313 g/mol. The Morgan fingerprint density at radius 2 is 1.81 bits per heavy atom. The van der Waals surface area contributed by atoms with Crippen molar-refractivity contribution in [3.63, 3.8) is 0 Å². The van der Waals surface area contributed by atoms with Crippen LogP contribution in [-0.2, 0) is 4.79 Å². The van der Waals surface area contributed by atoms with Gasteiger partial charge >= 0.3 is 12.0 Å². The lowest BCUT2D eigenvalue weighted by atomic mass is 10.2. The largest absolute Gasteiger partial charge is 0.480 e. The Balaban J connectivity index is 2.83. The van der Waals surface area contributed by atoms with E-state index >= 15 is 0 Å². The fourth-order valence-corrected chi connectivity index (χ4v) is 2.05. The summed E-state index contributed by atoms with van der Waals surface area (Å²) in [5, 5.41) is 9.55. The van der Waals surface area contributed by atoms with Gasteiger partial charge in [0.25, 0.3) is 0 Å². The molecule has 1 rings (SSSR count). The summed E-state index contributed by atoms with van der Waals surface area (Å²) in [6.45, 7) is 2.32. The van der Waals surface area contributed by atoms with E-state index in [2.05, 4.69) is 6.92 Å². The Morgan fingerprint density at radius 1 is 1.19 bits per heavy atom. The van der Waals surface area contributed by atoms with Crippen LogP contribution in [0.3, 0.4) is 0 Å². The number of rotatable bonds is 7. The van der Waals surface area contributed by atoms with E-state index in [9.17, 15) is 9.59 Å². The number of halogens is 1. The molecule has 0 aliphatic heterocycles. The number of benzene rings is 1. The van der Waals surface area contributed by atoms with Gasteiger partial charge in [-0.3, -0.25) is 9.69 Å². The molecule has 1 aromatic rings. The molecule has 0 unspecified atom stereocenters. The Labute approximate surface area is 130 Å². The van der Waals surface area contributed by atoms with E-state index in [-0.39, 0.29) is 12.6 Å². The van der Waals surface area contributed by atoms with Gasteiger partial charge in [0.2, 0.25) is 0 Å². The molecule has 0 saturated carbocycles. The van der Waals surface area contributed by atoms with Gasteiger partial charge in [0.15, 0.2) is 0 Å². The van der Waals surface area contributed by atoms with Crippen LogP contribution in [0.5, 0.6) is 0 Å². The van der Waals surface area contributed by atoms with Crippen LogP contribution in [0, 0.1) is 0 Å². The molecule has 0 aliphatic carbocycles. The summed E-state index contributed by atoms with van der Waals surface area (Å²) in [7, 11) is 1.68. The van der Waals surface area contributed by atoms with Crippen molar-refractivity contribution in [3.8, 4) is 0 Å². The Hall–Kier alpha value is -1.75. The third-order valence-corrected chi connectivity index (χ3v) is 3.34. The Bertz CT molecular complexity index is 476. The van der Waals surface area contributed by atoms with Gasteiger partial charge in [0.1, 0.15) is 6.54 Å². The average Bonchev–Trinajstić information content (AvgIpc) is 2.45. The zero-order valence-corrected chi connectivity index (χ0v) is 13.1. The molecule has 21 heavy (non-hydrogen) atoms. The number of amides is 2. The summed E-state index contributed by atoms with van der Waals surface area (Å²) in [6.07, 6.45) is 3.01. The summed E-state index contributed by atoms with van der Waals surface area (Å²) in [6, 6.07) is 6.23. The predicted molar refractivity (Wildman–Crippen MR) is 84.0 cm³/mol. The summed E-state index contributed by atoms with van der Waals surface area (Å²) in [5.74, 6) is -1.06. The van der Waals surface area contributed by atoms with Gasteiger partial charge in [0.05, 0.1) is 0 Å². The molecule has 0 spiro atoms. The second kappa shape index (κ2) is 8.52. The zero-order chi connectivity index (χ0) is 15.8. The van der Waals surface area contributed by atoms with Gasteiger partial charge in [0, 0.05) is 24.3 Å².